The summed E-state index contributed by atoms with van der Waals surface area (Å²) in [5.74, 6) is 0.194. The summed E-state index contributed by atoms with van der Waals surface area (Å²) in [6, 6.07) is 1.95. The van der Waals surface area contributed by atoms with Crippen LogP contribution in [0.25, 0.3) is 22.2 Å². The van der Waals surface area contributed by atoms with Crippen molar-refractivity contribution in [1.82, 2.24) is 14.5 Å². The number of hydrogen-bond acceptors (Lipinski definition) is 5. The molecule has 102 valence electrons. The van der Waals surface area contributed by atoms with E-state index in [9.17, 15) is 4.79 Å². The van der Waals surface area contributed by atoms with Gasteiger partial charge in [-0.2, -0.15) is 16.3 Å². The van der Waals surface area contributed by atoms with E-state index in [-0.39, 0.29) is 11.4 Å². The van der Waals surface area contributed by atoms with Crippen molar-refractivity contribution < 1.29 is 0 Å². The zero-order valence-corrected chi connectivity index (χ0v) is 12.1. The molecular weight excluding hydrogens is 272 g/mol. The van der Waals surface area contributed by atoms with Crippen LogP contribution < -0.4 is 11.2 Å². The SMILES string of the molecule is CCn1cc(-c2ccsc2)c(=O)c2c(C)nc(N)nc21. The minimum Gasteiger partial charge on any atom is -0.368 e. The third kappa shape index (κ3) is 1.89. The molecule has 3 heterocycles. The second kappa shape index (κ2) is 4.72. The summed E-state index contributed by atoms with van der Waals surface area (Å²) in [5, 5.41) is 4.47. The van der Waals surface area contributed by atoms with Crippen molar-refractivity contribution in [2.75, 3.05) is 5.73 Å². The number of aryl methyl sites for hydroxylation is 2. The highest BCUT2D eigenvalue weighted by atomic mass is 32.1. The summed E-state index contributed by atoms with van der Waals surface area (Å²) in [4.78, 5) is 21.0. The molecule has 0 aromatic carbocycles. The molecule has 0 saturated carbocycles. The number of aromatic nitrogens is 3. The van der Waals surface area contributed by atoms with Crippen molar-refractivity contribution >= 4 is 28.3 Å². The van der Waals surface area contributed by atoms with Gasteiger partial charge in [-0.3, -0.25) is 4.79 Å². The first-order chi connectivity index (χ1) is 9.61. The molecule has 5 nitrogen and oxygen atoms in total. The van der Waals surface area contributed by atoms with Crippen molar-refractivity contribution in [3.8, 4) is 11.1 Å². The van der Waals surface area contributed by atoms with E-state index >= 15 is 0 Å². The highest BCUT2D eigenvalue weighted by molar-refractivity contribution is 7.08. The Morgan fingerprint density at radius 1 is 1.40 bits per heavy atom. The van der Waals surface area contributed by atoms with Gasteiger partial charge >= 0.3 is 0 Å². The highest BCUT2D eigenvalue weighted by Gasteiger charge is 2.15. The summed E-state index contributed by atoms with van der Waals surface area (Å²) in [7, 11) is 0. The fourth-order valence-corrected chi connectivity index (χ4v) is 2.98. The fraction of sp³-hybridized carbons (Fsp3) is 0.214. The maximum Gasteiger partial charge on any atom is 0.222 e. The molecule has 0 unspecified atom stereocenters. The zero-order valence-electron chi connectivity index (χ0n) is 11.3. The Morgan fingerprint density at radius 3 is 2.85 bits per heavy atom. The van der Waals surface area contributed by atoms with E-state index in [1.54, 1.807) is 18.3 Å². The number of fused-ring (bicyclic) bond motifs is 1. The van der Waals surface area contributed by atoms with E-state index in [1.165, 1.54) is 0 Å². The normalized spacial score (nSPS) is 11.1. The van der Waals surface area contributed by atoms with Crippen LogP contribution in [0, 0.1) is 6.92 Å². The zero-order chi connectivity index (χ0) is 14.3. The van der Waals surface area contributed by atoms with Crippen LogP contribution in [-0.2, 0) is 6.54 Å². The Hall–Kier alpha value is -2.21. The fourth-order valence-electron chi connectivity index (χ4n) is 2.33. The first-order valence-electron chi connectivity index (χ1n) is 6.31. The molecule has 3 aromatic rings. The molecule has 2 N–H and O–H groups in total. The van der Waals surface area contributed by atoms with Crippen LogP contribution in [0.1, 0.15) is 12.6 Å². The van der Waals surface area contributed by atoms with Gasteiger partial charge in [0.15, 0.2) is 0 Å². The lowest BCUT2D eigenvalue weighted by atomic mass is 10.1. The van der Waals surface area contributed by atoms with Crippen LogP contribution >= 0.6 is 11.3 Å². The van der Waals surface area contributed by atoms with Gasteiger partial charge in [0, 0.05) is 18.3 Å². The second-order valence-electron chi connectivity index (χ2n) is 4.54. The molecule has 6 heteroatoms. The highest BCUT2D eigenvalue weighted by Crippen LogP contribution is 2.22. The molecule has 20 heavy (non-hydrogen) atoms. The van der Waals surface area contributed by atoms with Crippen molar-refractivity contribution in [2.45, 2.75) is 20.4 Å². The number of pyridine rings is 1. The van der Waals surface area contributed by atoms with E-state index in [0.29, 0.717) is 28.8 Å². The monoisotopic (exact) mass is 286 g/mol. The first-order valence-corrected chi connectivity index (χ1v) is 7.26. The third-order valence-electron chi connectivity index (χ3n) is 3.29. The molecule has 0 radical (unpaired) electrons. The summed E-state index contributed by atoms with van der Waals surface area (Å²) in [6.45, 7) is 4.51. The van der Waals surface area contributed by atoms with Crippen LogP contribution in [-0.4, -0.2) is 14.5 Å². The lowest BCUT2D eigenvalue weighted by Gasteiger charge is -2.11. The van der Waals surface area contributed by atoms with Crippen molar-refractivity contribution in [3.63, 3.8) is 0 Å². The molecule has 0 saturated heterocycles. The van der Waals surface area contributed by atoms with Gasteiger partial charge in [-0.15, -0.1) is 0 Å². The molecule has 0 aliphatic heterocycles. The maximum absolute atomic E-state index is 12.7. The van der Waals surface area contributed by atoms with Gasteiger partial charge in [-0.1, -0.05) is 0 Å². The van der Waals surface area contributed by atoms with Gasteiger partial charge in [-0.25, -0.2) is 4.98 Å². The van der Waals surface area contributed by atoms with Crippen LogP contribution in [0.2, 0.25) is 0 Å². The quantitative estimate of drug-likeness (QED) is 0.785. The van der Waals surface area contributed by atoms with Crippen molar-refractivity contribution in [2.24, 2.45) is 0 Å². The van der Waals surface area contributed by atoms with Gasteiger partial charge in [0.05, 0.1) is 11.1 Å². The molecular formula is C14H14N4OS. The van der Waals surface area contributed by atoms with Gasteiger partial charge in [0.25, 0.3) is 0 Å². The smallest absolute Gasteiger partial charge is 0.222 e. The van der Waals surface area contributed by atoms with Crippen molar-refractivity contribution in [3.05, 3.63) is 38.9 Å². The molecule has 0 atom stereocenters. The van der Waals surface area contributed by atoms with Gasteiger partial charge in [-0.05, 0) is 36.2 Å². The minimum atomic E-state index is -0.0411. The lowest BCUT2D eigenvalue weighted by molar-refractivity contribution is 0.776. The molecule has 0 spiro atoms. The van der Waals surface area contributed by atoms with Crippen LogP contribution in [0.5, 0.6) is 0 Å². The third-order valence-corrected chi connectivity index (χ3v) is 3.97. The Bertz CT molecular complexity index is 836. The number of rotatable bonds is 2. The van der Waals surface area contributed by atoms with Crippen molar-refractivity contribution in [1.29, 1.82) is 0 Å². The predicted octanol–water partition coefficient (Wildman–Crippen LogP) is 2.43. The lowest BCUT2D eigenvalue weighted by Crippen LogP contribution is -2.15. The topological polar surface area (TPSA) is 73.8 Å². The van der Waals surface area contributed by atoms with Gasteiger partial charge in [0.2, 0.25) is 11.4 Å². The summed E-state index contributed by atoms with van der Waals surface area (Å²) in [5.41, 5.74) is 8.48. The van der Waals surface area contributed by atoms with Crippen LogP contribution in [0.3, 0.4) is 0 Å². The number of nitrogens with zero attached hydrogens (tertiary/aromatic N) is 3. The van der Waals surface area contributed by atoms with Gasteiger partial charge in [0.1, 0.15) is 5.65 Å². The molecule has 3 rings (SSSR count). The van der Waals surface area contributed by atoms with E-state index in [1.807, 2.05) is 34.5 Å². The van der Waals surface area contributed by atoms with E-state index < -0.39 is 0 Å². The average molecular weight is 286 g/mol. The maximum atomic E-state index is 12.7. The van der Waals surface area contributed by atoms with Crippen LogP contribution in [0.4, 0.5) is 5.95 Å². The average Bonchev–Trinajstić information content (AvgIpc) is 2.92. The van der Waals surface area contributed by atoms with E-state index in [0.717, 1.165) is 5.56 Å². The number of anilines is 1. The Morgan fingerprint density at radius 2 is 2.20 bits per heavy atom. The number of hydrogen-bond donors (Lipinski definition) is 1. The molecule has 0 bridgehead atoms. The first kappa shape index (κ1) is 12.8. The second-order valence-corrected chi connectivity index (χ2v) is 5.32. The summed E-state index contributed by atoms with van der Waals surface area (Å²) >= 11 is 1.57. The minimum absolute atomic E-state index is 0.0411. The largest absolute Gasteiger partial charge is 0.368 e. The molecule has 0 amide bonds. The number of nitrogens with two attached hydrogens (primary N) is 1. The van der Waals surface area contributed by atoms with Gasteiger partial charge < -0.3 is 10.3 Å². The number of thiophene rings is 1. The molecule has 3 aromatic heterocycles. The van der Waals surface area contributed by atoms with E-state index in [4.69, 9.17) is 5.73 Å². The molecule has 0 fully saturated rings. The standard InChI is InChI=1S/C14H14N4OS/c1-3-18-6-10(9-4-5-20-7-9)12(19)11-8(2)16-14(15)17-13(11)18/h4-7H,3H2,1-2H3,(H2,15,16,17). The predicted molar refractivity (Wildman–Crippen MR) is 81.9 cm³/mol. The molecule has 0 aliphatic rings. The summed E-state index contributed by atoms with van der Waals surface area (Å²) in [6.07, 6.45) is 1.85. The van der Waals surface area contributed by atoms with Crippen LogP contribution in [0.15, 0.2) is 27.8 Å². The molecule has 0 aliphatic carbocycles. The van der Waals surface area contributed by atoms with E-state index in [2.05, 4.69) is 9.97 Å². The summed E-state index contributed by atoms with van der Waals surface area (Å²) < 4.78 is 1.94. The Labute approximate surface area is 119 Å². The number of nitrogen functional groups attached to an aromatic ring is 1. The Balaban J connectivity index is 2.47. The Kier molecular flexibility index (Phi) is 3.02.